The molecule has 0 aromatic heterocycles. The fraction of sp³-hybridized carbons (Fsp3) is 0.346. The minimum atomic E-state index is -0.384. The summed E-state index contributed by atoms with van der Waals surface area (Å²) >= 11 is 12.7. The van der Waals surface area contributed by atoms with E-state index in [-0.39, 0.29) is 48.1 Å². The van der Waals surface area contributed by atoms with E-state index in [1.54, 1.807) is 42.5 Å². The predicted octanol–water partition coefficient (Wildman–Crippen LogP) is 4.96. The van der Waals surface area contributed by atoms with Crippen molar-refractivity contribution in [1.82, 2.24) is 4.90 Å². The van der Waals surface area contributed by atoms with Gasteiger partial charge in [-0.15, -0.1) is 0 Å². The molecule has 1 heterocycles. The molecule has 7 heteroatoms. The van der Waals surface area contributed by atoms with Gasteiger partial charge in [-0.2, -0.15) is 0 Å². The van der Waals surface area contributed by atoms with Crippen LogP contribution >= 0.6 is 23.2 Å². The number of rotatable bonds is 4. The lowest BCUT2D eigenvalue weighted by molar-refractivity contribution is -0.140. The number of carbonyl (C=O) groups is 3. The van der Waals surface area contributed by atoms with E-state index in [1.807, 2.05) is 6.92 Å². The molecule has 6 unspecified atom stereocenters. The molecule has 2 saturated carbocycles. The Morgan fingerprint density at radius 1 is 0.939 bits per heavy atom. The van der Waals surface area contributed by atoms with Gasteiger partial charge in [0.25, 0.3) is 5.91 Å². The number of allylic oxidation sites excluding steroid dienone is 2. The fourth-order valence-electron chi connectivity index (χ4n) is 6.22. The Morgan fingerprint density at radius 3 is 2.18 bits per heavy atom. The molecular formula is C26H22Cl2N2O3. The normalized spacial score (nSPS) is 30.9. The van der Waals surface area contributed by atoms with E-state index in [1.165, 1.54) is 9.80 Å². The van der Waals surface area contributed by atoms with Crippen molar-refractivity contribution >= 4 is 46.6 Å². The molecule has 0 spiro atoms. The van der Waals surface area contributed by atoms with Crippen molar-refractivity contribution in [2.45, 2.75) is 13.3 Å². The molecule has 4 aliphatic carbocycles. The van der Waals surface area contributed by atoms with Crippen molar-refractivity contribution in [1.29, 1.82) is 0 Å². The Kier molecular flexibility index (Phi) is 4.72. The zero-order chi connectivity index (χ0) is 23.0. The van der Waals surface area contributed by atoms with Crippen molar-refractivity contribution in [3.63, 3.8) is 0 Å². The number of halogens is 2. The molecule has 2 bridgehead atoms. The molecule has 6 atom stereocenters. The topological polar surface area (TPSA) is 57.7 Å². The second kappa shape index (κ2) is 7.44. The van der Waals surface area contributed by atoms with Crippen molar-refractivity contribution < 1.29 is 14.4 Å². The number of hydrogen-bond acceptors (Lipinski definition) is 3. The third-order valence-electron chi connectivity index (χ3n) is 7.92. The average Bonchev–Trinajstić information content (AvgIpc) is 3.59. The number of nitrogens with zero attached hydrogens (tertiary/aromatic N) is 2. The molecule has 5 aliphatic rings. The number of carbonyl (C=O) groups excluding carboxylic acids is 3. The summed E-state index contributed by atoms with van der Waals surface area (Å²) in [4.78, 5) is 43.5. The second-order valence-corrected chi connectivity index (χ2v) is 10.3. The van der Waals surface area contributed by atoms with Crippen LogP contribution in [-0.2, 0) is 9.59 Å². The summed E-state index contributed by atoms with van der Waals surface area (Å²) in [6.07, 6.45) is 5.39. The fourth-order valence-corrected chi connectivity index (χ4v) is 6.60. The minimum Gasteiger partial charge on any atom is -0.289 e. The van der Waals surface area contributed by atoms with Gasteiger partial charge in [-0.25, -0.2) is 0 Å². The Bertz CT molecular complexity index is 1210. The summed E-state index contributed by atoms with van der Waals surface area (Å²) < 4.78 is 0. The molecule has 1 saturated heterocycles. The van der Waals surface area contributed by atoms with Gasteiger partial charge in [-0.05, 0) is 66.8 Å². The SMILES string of the molecule is Cc1c(Cl)cccc1N(CN1C(=O)C2C3C=CC(C4CC34)C2C1=O)C(=O)c1ccccc1Cl. The van der Waals surface area contributed by atoms with Crippen molar-refractivity contribution in [2.24, 2.45) is 35.5 Å². The van der Waals surface area contributed by atoms with E-state index >= 15 is 0 Å². The maximum atomic E-state index is 13.7. The Hall–Kier alpha value is -2.63. The summed E-state index contributed by atoms with van der Waals surface area (Å²) in [6.45, 7) is 1.65. The van der Waals surface area contributed by atoms with Gasteiger partial charge >= 0.3 is 0 Å². The second-order valence-electron chi connectivity index (χ2n) is 9.50. The van der Waals surface area contributed by atoms with Gasteiger partial charge in [0.05, 0.1) is 28.1 Å². The van der Waals surface area contributed by atoms with Gasteiger partial charge in [0, 0.05) is 5.02 Å². The quantitative estimate of drug-likeness (QED) is 0.458. The third-order valence-corrected chi connectivity index (χ3v) is 8.66. The van der Waals surface area contributed by atoms with E-state index in [0.29, 0.717) is 38.7 Å². The van der Waals surface area contributed by atoms with E-state index in [9.17, 15) is 14.4 Å². The van der Waals surface area contributed by atoms with Gasteiger partial charge in [0.2, 0.25) is 11.8 Å². The molecule has 0 N–H and O–H groups in total. The molecular weight excluding hydrogens is 459 g/mol. The van der Waals surface area contributed by atoms with Gasteiger partial charge < -0.3 is 0 Å². The highest BCUT2D eigenvalue weighted by atomic mass is 35.5. The van der Waals surface area contributed by atoms with Gasteiger partial charge in [-0.1, -0.05) is 53.6 Å². The summed E-state index contributed by atoms with van der Waals surface area (Å²) in [5, 5.41) is 0.807. The van der Waals surface area contributed by atoms with Gasteiger partial charge in [-0.3, -0.25) is 24.2 Å². The van der Waals surface area contributed by atoms with E-state index in [0.717, 1.165) is 6.42 Å². The highest BCUT2D eigenvalue weighted by Gasteiger charge is 2.67. The largest absolute Gasteiger partial charge is 0.289 e. The smallest absolute Gasteiger partial charge is 0.261 e. The van der Waals surface area contributed by atoms with Crippen LogP contribution in [0.5, 0.6) is 0 Å². The molecule has 2 aromatic rings. The third kappa shape index (κ3) is 3.02. The van der Waals surface area contributed by atoms with Crippen LogP contribution in [0.3, 0.4) is 0 Å². The summed E-state index contributed by atoms with van der Waals surface area (Å²) in [6, 6.07) is 12.0. The van der Waals surface area contributed by atoms with Crippen LogP contribution in [-0.4, -0.2) is 29.3 Å². The lowest BCUT2D eigenvalue weighted by atomic mass is 9.63. The standard InChI is InChI=1S/C26H22Cl2N2O3/c1-13-19(27)7-4-8-21(13)29(24(31)16-5-2-3-6-20(16)28)12-30-25(32)22-14-9-10-15(18-11-17(14)18)23(22)26(30)33/h2-10,14-15,17-18,22-23H,11-12H2,1H3. The first kappa shape index (κ1) is 20.9. The van der Waals surface area contributed by atoms with E-state index in [2.05, 4.69) is 12.2 Å². The number of anilines is 1. The minimum absolute atomic E-state index is 0.132. The average molecular weight is 481 g/mol. The van der Waals surface area contributed by atoms with Crippen LogP contribution in [0.2, 0.25) is 10.0 Å². The maximum absolute atomic E-state index is 13.7. The van der Waals surface area contributed by atoms with Crippen LogP contribution in [0, 0.1) is 42.4 Å². The highest BCUT2D eigenvalue weighted by Crippen LogP contribution is 2.65. The molecule has 7 rings (SSSR count). The summed E-state index contributed by atoms with van der Waals surface area (Å²) in [7, 11) is 0. The van der Waals surface area contributed by atoms with Crippen LogP contribution in [0.15, 0.2) is 54.6 Å². The monoisotopic (exact) mass is 480 g/mol. The molecule has 2 aromatic carbocycles. The molecule has 3 amide bonds. The number of likely N-dealkylation sites (tertiary alicyclic amines) is 1. The maximum Gasteiger partial charge on any atom is 0.261 e. The summed E-state index contributed by atoms with van der Waals surface area (Å²) in [5.74, 6) is -0.0480. The zero-order valence-electron chi connectivity index (χ0n) is 17.9. The van der Waals surface area contributed by atoms with Crippen molar-refractivity contribution in [3.8, 4) is 0 Å². The predicted molar refractivity (Wildman–Crippen MR) is 126 cm³/mol. The zero-order valence-corrected chi connectivity index (χ0v) is 19.5. The molecule has 5 nitrogen and oxygen atoms in total. The number of amides is 3. The van der Waals surface area contributed by atoms with E-state index < -0.39 is 0 Å². The molecule has 1 aliphatic heterocycles. The van der Waals surface area contributed by atoms with Gasteiger partial charge in [0.15, 0.2) is 0 Å². The van der Waals surface area contributed by atoms with Crippen LogP contribution in [0.25, 0.3) is 0 Å². The lowest BCUT2D eigenvalue weighted by Crippen LogP contribution is -2.45. The molecule has 33 heavy (non-hydrogen) atoms. The number of hydrogen-bond donors (Lipinski definition) is 0. The highest BCUT2D eigenvalue weighted by molar-refractivity contribution is 6.35. The van der Waals surface area contributed by atoms with Crippen LogP contribution in [0.1, 0.15) is 22.3 Å². The number of imide groups is 1. The first-order valence-electron chi connectivity index (χ1n) is 11.2. The first-order chi connectivity index (χ1) is 15.9. The van der Waals surface area contributed by atoms with Gasteiger partial charge in [0.1, 0.15) is 6.67 Å². The molecule has 168 valence electrons. The lowest BCUT2D eigenvalue weighted by Gasteiger charge is -2.37. The molecule has 3 fully saturated rings. The summed E-state index contributed by atoms with van der Waals surface area (Å²) in [5.41, 5.74) is 1.55. The van der Waals surface area contributed by atoms with Crippen LogP contribution < -0.4 is 4.90 Å². The number of benzene rings is 2. The van der Waals surface area contributed by atoms with Crippen molar-refractivity contribution in [2.75, 3.05) is 11.6 Å². The van der Waals surface area contributed by atoms with E-state index in [4.69, 9.17) is 23.2 Å². The van der Waals surface area contributed by atoms with Crippen molar-refractivity contribution in [3.05, 3.63) is 75.8 Å². The first-order valence-corrected chi connectivity index (χ1v) is 12.0. The molecule has 0 radical (unpaired) electrons. The Balaban J connectivity index is 1.38. The Labute approximate surface area is 201 Å². The Morgan fingerprint density at radius 2 is 1.55 bits per heavy atom. The van der Waals surface area contributed by atoms with Crippen LogP contribution in [0.4, 0.5) is 5.69 Å².